The van der Waals surface area contributed by atoms with Crippen LogP contribution in [-0.2, 0) is 10.8 Å². The standard InChI is InChI=1S/C54H33N3O.C37H23NO.C17H11BrN2/c1-2-15-35(16-3-1)52-53(49-30-26-34-14-4-12-24-48(34)57(49)55-52)56(36-28-31-51-43(32-36)42-20-8-13-25-50(42)58-51)37-27-29-41-40-19-7-11-23-46(40)54(47(41)33-37)44-21-9-5-17-38(44)39-18-6-10-22-45(39)54;1-5-13-31-25(9-1)26-10-2-6-14-32(26)37(31)33-15-7-3-11-27(33)28-19-17-24(22-34(28)37)38-23-18-20-36-30(21-23)29-12-4-8-16-35(29)39-36;18-16-15-11-10-12-6-4-5-9-14(12)20(15)19-17(16)13-7-2-1-3-8-13/h1-33H;1-22,38H;1-11H. The van der Waals surface area contributed by atoms with Crippen LogP contribution in [0.1, 0.15) is 44.5 Å². The van der Waals surface area contributed by atoms with Crippen LogP contribution in [0.3, 0.4) is 0 Å². The summed E-state index contributed by atoms with van der Waals surface area (Å²) in [6.45, 7) is 0. The first kappa shape index (κ1) is 66.7. The molecule has 0 aliphatic heterocycles. The van der Waals surface area contributed by atoms with Crippen molar-refractivity contribution >= 4 is 121 Å². The summed E-state index contributed by atoms with van der Waals surface area (Å²) in [5.74, 6) is 0. The van der Waals surface area contributed by atoms with Crippen molar-refractivity contribution in [2.24, 2.45) is 0 Å². The molecular weight excluding hydrogens is 1490 g/mol. The molecule has 6 aromatic heterocycles. The van der Waals surface area contributed by atoms with E-state index in [1.165, 1.54) is 94.4 Å². The van der Waals surface area contributed by atoms with Gasteiger partial charge in [0, 0.05) is 66.2 Å². The van der Waals surface area contributed by atoms with Gasteiger partial charge >= 0.3 is 0 Å². The molecule has 9 heteroatoms. The van der Waals surface area contributed by atoms with E-state index in [-0.39, 0.29) is 5.41 Å². The van der Waals surface area contributed by atoms with Crippen LogP contribution in [0.25, 0.3) is 144 Å². The molecule has 548 valence electrons. The molecule has 1 N–H and O–H groups in total. The first-order chi connectivity index (χ1) is 57.9. The minimum absolute atomic E-state index is 0.332. The van der Waals surface area contributed by atoms with E-state index in [0.29, 0.717) is 0 Å². The Bertz CT molecular complexity index is 7740. The molecule has 0 radical (unpaired) electrons. The zero-order chi connectivity index (χ0) is 77.0. The number of rotatable bonds is 7. The van der Waals surface area contributed by atoms with Gasteiger partial charge in [0.05, 0.1) is 37.4 Å². The van der Waals surface area contributed by atoms with E-state index in [2.05, 4.69) is 376 Å². The highest BCUT2D eigenvalue weighted by Crippen LogP contribution is 2.65. The van der Waals surface area contributed by atoms with Crippen LogP contribution in [-0.4, -0.2) is 19.2 Å². The lowest BCUT2D eigenvalue weighted by molar-refractivity contribution is 0.668. The lowest BCUT2D eigenvalue weighted by Gasteiger charge is -2.32. The zero-order valence-electron chi connectivity index (χ0n) is 63.0. The fourth-order valence-electron chi connectivity index (χ4n) is 19.9. The minimum Gasteiger partial charge on any atom is -0.456 e. The number of nitrogens with one attached hydrogen (secondary N) is 1. The number of para-hydroxylation sites is 4. The van der Waals surface area contributed by atoms with Gasteiger partial charge < -0.3 is 19.1 Å². The fraction of sp³-hybridized carbons (Fsp3) is 0.0185. The lowest BCUT2D eigenvalue weighted by Crippen LogP contribution is -2.26. The molecule has 0 amide bonds. The molecule has 16 aromatic carbocycles. The van der Waals surface area contributed by atoms with E-state index in [9.17, 15) is 0 Å². The monoisotopic (exact) mass is 1560 g/mol. The maximum atomic E-state index is 6.39. The highest BCUT2D eigenvalue weighted by atomic mass is 79.9. The van der Waals surface area contributed by atoms with Gasteiger partial charge in [-0.2, -0.15) is 10.2 Å². The number of hydrogen-bond acceptors (Lipinski definition) is 6. The highest BCUT2D eigenvalue weighted by Gasteiger charge is 2.53. The summed E-state index contributed by atoms with van der Waals surface area (Å²) in [6.07, 6.45) is 0. The summed E-state index contributed by atoms with van der Waals surface area (Å²) in [4.78, 5) is 2.43. The number of benzene rings is 16. The highest BCUT2D eigenvalue weighted by molar-refractivity contribution is 9.10. The maximum Gasteiger partial charge on any atom is 0.135 e. The van der Waals surface area contributed by atoms with Gasteiger partial charge in [-0.1, -0.05) is 303 Å². The van der Waals surface area contributed by atoms with Crippen LogP contribution >= 0.6 is 15.9 Å². The first-order valence-electron chi connectivity index (χ1n) is 39.8. The van der Waals surface area contributed by atoms with Crippen LogP contribution in [0.2, 0.25) is 0 Å². The molecule has 26 rings (SSSR count). The van der Waals surface area contributed by atoms with Crippen molar-refractivity contribution in [1.29, 1.82) is 0 Å². The fourth-order valence-corrected chi connectivity index (χ4v) is 20.5. The zero-order valence-corrected chi connectivity index (χ0v) is 64.6. The number of anilines is 5. The van der Waals surface area contributed by atoms with Crippen LogP contribution in [0.5, 0.6) is 0 Å². The van der Waals surface area contributed by atoms with Gasteiger partial charge in [0.2, 0.25) is 0 Å². The van der Waals surface area contributed by atoms with Crippen LogP contribution in [0, 0.1) is 0 Å². The van der Waals surface area contributed by atoms with Gasteiger partial charge in [-0.05, 0) is 202 Å². The molecule has 0 saturated carbocycles. The number of aromatic nitrogens is 4. The molecule has 117 heavy (non-hydrogen) atoms. The molecule has 0 fully saturated rings. The lowest BCUT2D eigenvalue weighted by atomic mass is 9.70. The average molecular weight is 1560 g/mol. The SMILES string of the molecule is Brc1c(-c2ccccc2)nn2c1ccc1ccccc12.c1ccc(-c2nn3c(ccc4ccccc43)c2N(c2ccc3c(c2)C2(c4ccccc4-c4ccccc42)c2ccccc2-3)c2ccc3oc4ccccc4c3c2)cc1.c1ccc2c(c1)-c1ccccc1C21c2ccccc2-c2ccc(Nc3ccc4oc5ccccc5c4c3)cc21. The van der Waals surface area contributed by atoms with Crippen LogP contribution in [0.15, 0.2) is 414 Å². The summed E-state index contributed by atoms with van der Waals surface area (Å²) in [5.41, 5.74) is 37.4. The normalized spacial score (nSPS) is 13.1. The Morgan fingerprint density at radius 3 is 1.15 bits per heavy atom. The van der Waals surface area contributed by atoms with Crippen molar-refractivity contribution in [1.82, 2.24) is 19.2 Å². The van der Waals surface area contributed by atoms with Crippen molar-refractivity contribution in [3.8, 4) is 67.0 Å². The smallest absolute Gasteiger partial charge is 0.135 e. The molecule has 0 bridgehead atoms. The van der Waals surface area contributed by atoms with E-state index < -0.39 is 5.41 Å². The maximum absolute atomic E-state index is 6.39. The van der Waals surface area contributed by atoms with E-state index in [1.54, 1.807) is 0 Å². The minimum atomic E-state index is -0.481. The molecule has 2 spiro atoms. The van der Waals surface area contributed by atoms with Crippen LogP contribution < -0.4 is 10.2 Å². The second-order valence-corrected chi connectivity index (χ2v) is 31.6. The largest absolute Gasteiger partial charge is 0.456 e. The summed E-state index contributed by atoms with van der Waals surface area (Å²) >= 11 is 3.69. The number of pyridine rings is 2. The van der Waals surface area contributed by atoms with Gasteiger partial charge in [0.15, 0.2) is 0 Å². The van der Waals surface area contributed by atoms with E-state index in [1.807, 2.05) is 59.1 Å². The second-order valence-electron chi connectivity index (χ2n) is 30.8. The molecule has 0 saturated heterocycles. The topological polar surface area (TPSA) is 76.2 Å². The van der Waals surface area contributed by atoms with E-state index >= 15 is 0 Å². The van der Waals surface area contributed by atoms with Crippen molar-refractivity contribution in [2.75, 3.05) is 10.2 Å². The number of fused-ring (bicyclic) bond motifs is 32. The molecule has 8 nitrogen and oxygen atoms in total. The van der Waals surface area contributed by atoms with Gasteiger partial charge in [0.1, 0.15) is 39.4 Å². The summed E-state index contributed by atoms with van der Waals surface area (Å²) < 4.78 is 17.6. The number of furan rings is 2. The van der Waals surface area contributed by atoms with Gasteiger partial charge in [0.25, 0.3) is 0 Å². The first-order valence-corrected chi connectivity index (χ1v) is 40.6. The number of hydrogen-bond donors (Lipinski definition) is 1. The summed E-state index contributed by atoms with van der Waals surface area (Å²) in [7, 11) is 0. The van der Waals surface area contributed by atoms with Crippen molar-refractivity contribution < 1.29 is 8.83 Å². The third kappa shape index (κ3) is 9.87. The molecule has 0 atom stereocenters. The third-order valence-corrected chi connectivity index (χ3v) is 25.5. The molecule has 4 aliphatic carbocycles. The quantitative estimate of drug-likeness (QED) is 0.171. The molecule has 0 unspecified atom stereocenters. The Hall–Kier alpha value is -14.9. The Kier molecular flexibility index (Phi) is 14.9. The Morgan fingerprint density at radius 1 is 0.265 bits per heavy atom. The Balaban J connectivity index is 0.000000113. The predicted octanol–water partition coefficient (Wildman–Crippen LogP) is 28.5. The van der Waals surface area contributed by atoms with Crippen molar-refractivity contribution in [2.45, 2.75) is 10.8 Å². The van der Waals surface area contributed by atoms with E-state index in [4.69, 9.17) is 19.0 Å². The average Bonchev–Trinajstić information content (AvgIpc) is 1.51. The van der Waals surface area contributed by atoms with E-state index in [0.717, 1.165) is 127 Å². The number of halogens is 1. The van der Waals surface area contributed by atoms with Crippen LogP contribution in [0.4, 0.5) is 28.4 Å². The molecule has 6 heterocycles. The van der Waals surface area contributed by atoms with Crippen molar-refractivity contribution in [3.63, 3.8) is 0 Å². The summed E-state index contributed by atoms with van der Waals surface area (Å²) in [6, 6.07) is 144. The number of nitrogens with zero attached hydrogens (tertiary/aromatic N) is 5. The predicted molar refractivity (Wildman–Crippen MR) is 482 cm³/mol. The Morgan fingerprint density at radius 2 is 0.624 bits per heavy atom. The van der Waals surface area contributed by atoms with Gasteiger partial charge in [-0.3, -0.25) is 0 Å². The third-order valence-electron chi connectivity index (χ3n) is 24.8. The molecule has 4 aliphatic rings. The summed E-state index contributed by atoms with van der Waals surface area (Å²) in [5, 5.41) is 20.7. The van der Waals surface area contributed by atoms with Crippen molar-refractivity contribution in [3.05, 3.63) is 449 Å². The molecular formula is C108H67BrN6O2. The Labute approximate surface area is 681 Å². The van der Waals surface area contributed by atoms with Gasteiger partial charge in [-0.15, -0.1) is 0 Å². The molecule has 22 aromatic rings. The second kappa shape index (κ2) is 26.1. The van der Waals surface area contributed by atoms with Gasteiger partial charge in [-0.25, -0.2) is 9.03 Å².